The van der Waals surface area contributed by atoms with Crippen molar-refractivity contribution in [3.63, 3.8) is 0 Å². The van der Waals surface area contributed by atoms with Crippen molar-refractivity contribution in [3.8, 4) is 5.75 Å². The van der Waals surface area contributed by atoms with Crippen LogP contribution in [0, 0.1) is 6.92 Å². The number of fused-ring (bicyclic) bond motifs is 1. The van der Waals surface area contributed by atoms with Gasteiger partial charge in [0.05, 0.1) is 24.2 Å². The number of aromatic nitrogens is 2. The monoisotopic (exact) mass is 429 g/mol. The van der Waals surface area contributed by atoms with Crippen LogP contribution in [0.1, 0.15) is 11.4 Å². The molecule has 0 fully saturated rings. The molecule has 3 rings (SSSR count). The average Bonchev–Trinajstić information content (AvgIpc) is 2.67. The van der Waals surface area contributed by atoms with E-state index in [2.05, 4.69) is 30.8 Å². The van der Waals surface area contributed by atoms with Crippen molar-refractivity contribution in [2.45, 2.75) is 6.92 Å². The summed E-state index contributed by atoms with van der Waals surface area (Å²) in [5, 5.41) is 4.74. The molecule has 0 saturated heterocycles. The van der Waals surface area contributed by atoms with Crippen molar-refractivity contribution in [1.29, 1.82) is 0 Å². The Balaban J connectivity index is 1.83. The zero-order valence-corrected chi connectivity index (χ0v) is 16.3. The van der Waals surface area contributed by atoms with E-state index >= 15 is 0 Å². The molecule has 0 aliphatic rings. The number of hydrogen-bond acceptors (Lipinski definition) is 6. The lowest BCUT2D eigenvalue weighted by atomic mass is 10.2. The summed E-state index contributed by atoms with van der Waals surface area (Å²) in [5.74, 6) is 0.568. The average molecular weight is 430 g/mol. The molecule has 8 heteroatoms. The predicted octanol–water partition coefficient (Wildman–Crippen LogP) is 2.90. The number of carbonyl (C=O) groups is 1. The normalized spacial score (nSPS) is 11.1. The lowest BCUT2D eigenvalue weighted by Gasteiger charge is -2.06. The number of aryl methyl sites for hydroxylation is 1. The molecule has 0 radical (unpaired) electrons. The van der Waals surface area contributed by atoms with E-state index in [1.54, 1.807) is 49.5 Å². The van der Waals surface area contributed by atoms with Gasteiger partial charge in [0.1, 0.15) is 11.6 Å². The van der Waals surface area contributed by atoms with Gasteiger partial charge >= 0.3 is 5.97 Å². The molecule has 7 nitrogen and oxygen atoms in total. The Morgan fingerprint density at radius 2 is 2.00 bits per heavy atom. The van der Waals surface area contributed by atoms with Crippen LogP contribution in [0.25, 0.3) is 10.9 Å². The topological polar surface area (TPSA) is 82.8 Å². The van der Waals surface area contributed by atoms with E-state index in [1.807, 2.05) is 6.07 Å². The molecule has 3 aromatic rings. The maximum Gasteiger partial charge on any atom is 0.343 e. The van der Waals surface area contributed by atoms with Gasteiger partial charge in [-0.3, -0.25) is 4.79 Å². The second-order valence-electron chi connectivity index (χ2n) is 5.62. The maximum atomic E-state index is 12.7. The van der Waals surface area contributed by atoms with Crippen molar-refractivity contribution >= 4 is 39.0 Å². The van der Waals surface area contributed by atoms with Crippen LogP contribution in [0.15, 0.2) is 56.8 Å². The van der Waals surface area contributed by atoms with Crippen molar-refractivity contribution in [2.75, 3.05) is 13.7 Å². The number of ether oxygens (including phenoxy) is 2. The maximum absolute atomic E-state index is 12.7. The van der Waals surface area contributed by atoms with E-state index in [1.165, 1.54) is 11.8 Å². The van der Waals surface area contributed by atoms with Crippen LogP contribution in [0.5, 0.6) is 5.75 Å². The number of methoxy groups -OCH3 is 1. The van der Waals surface area contributed by atoms with Crippen LogP contribution >= 0.6 is 15.9 Å². The highest BCUT2D eigenvalue weighted by Crippen LogP contribution is 2.16. The highest BCUT2D eigenvalue weighted by Gasteiger charge is 2.07. The van der Waals surface area contributed by atoms with Crippen LogP contribution in [0.3, 0.4) is 0 Å². The van der Waals surface area contributed by atoms with Crippen LogP contribution in [-0.4, -0.2) is 35.6 Å². The van der Waals surface area contributed by atoms with Gasteiger partial charge < -0.3 is 9.47 Å². The molecule has 138 valence electrons. The smallest absolute Gasteiger partial charge is 0.343 e. The number of esters is 1. The molecule has 0 atom stereocenters. The largest absolute Gasteiger partial charge is 0.482 e. The van der Waals surface area contributed by atoms with E-state index < -0.39 is 5.97 Å². The lowest BCUT2D eigenvalue weighted by Crippen LogP contribution is -2.20. The molecule has 0 aliphatic heterocycles. The first-order valence-corrected chi connectivity index (χ1v) is 8.80. The van der Waals surface area contributed by atoms with Gasteiger partial charge in [0.25, 0.3) is 5.56 Å². The minimum absolute atomic E-state index is 0.156. The van der Waals surface area contributed by atoms with E-state index in [4.69, 9.17) is 4.74 Å². The zero-order valence-electron chi connectivity index (χ0n) is 14.7. The number of rotatable bonds is 5. The van der Waals surface area contributed by atoms with Gasteiger partial charge in [0.15, 0.2) is 6.61 Å². The van der Waals surface area contributed by atoms with Crippen LogP contribution in [0.2, 0.25) is 0 Å². The fourth-order valence-electron chi connectivity index (χ4n) is 2.37. The minimum Gasteiger partial charge on any atom is -0.482 e. The third kappa shape index (κ3) is 4.40. The fourth-order valence-corrected chi connectivity index (χ4v) is 2.73. The fraction of sp³-hybridized carbons (Fsp3) is 0.158. The van der Waals surface area contributed by atoms with Crippen molar-refractivity contribution in [2.24, 2.45) is 5.10 Å². The second kappa shape index (κ2) is 8.13. The Bertz CT molecular complexity index is 1070. The zero-order chi connectivity index (χ0) is 19.4. The first-order chi connectivity index (χ1) is 13.0. The number of hydrogen-bond donors (Lipinski definition) is 0. The summed E-state index contributed by atoms with van der Waals surface area (Å²) in [5.41, 5.74) is 1.15. The van der Waals surface area contributed by atoms with Crippen molar-refractivity contribution in [3.05, 3.63) is 68.7 Å². The molecule has 1 aromatic heterocycles. The molecule has 1 heterocycles. The Kier molecular flexibility index (Phi) is 5.66. The highest BCUT2D eigenvalue weighted by molar-refractivity contribution is 9.10. The summed E-state index contributed by atoms with van der Waals surface area (Å²) < 4.78 is 11.9. The third-order valence-corrected chi connectivity index (χ3v) is 4.25. The molecule has 27 heavy (non-hydrogen) atoms. The molecule has 0 N–H and O–H groups in total. The van der Waals surface area contributed by atoms with Crippen molar-refractivity contribution in [1.82, 2.24) is 9.66 Å². The SMILES string of the molecule is COC(=O)COc1ccc(C=Nn2c(C)nc3ccc(Br)cc3c2=O)cc1. The summed E-state index contributed by atoms with van der Waals surface area (Å²) in [6.07, 6.45) is 1.56. The molecule has 2 aromatic carbocycles. The molecule has 0 bridgehead atoms. The summed E-state index contributed by atoms with van der Waals surface area (Å²) in [7, 11) is 1.30. The molecule has 0 aliphatic carbocycles. The van der Waals surface area contributed by atoms with Gasteiger partial charge in [-0.1, -0.05) is 15.9 Å². The summed E-state index contributed by atoms with van der Waals surface area (Å²) in [6.45, 7) is 1.57. The molecule has 0 unspecified atom stereocenters. The minimum atomic E-state index is -0.453. The van der Waals surface area contributed by atoms with E-state index in [0.29, 0.717) is 22.5 Å². The Morgan fingerprint density at radius 1 is 1.26 bits per heavy atom. The van der Waals surface area contributed by atoms with Crippen LogP contribution < -0.4 is 10.3 Å². The standard InChI is InChI=1S/C19H16BrN3O4/c1-12-22-17-8-5-14(20)9-16(17)19(25)23(12)21-10-13-3-6-15(7-4-13)27-11-18(24)26-2/h3-10H,11H2,1-2H3. The van der Waals surface area contributed by atoms with E-state index in [0.717, 1.165) is 10.0 Å². The molecule has 0 spiro atoms. The van der Waals surface area contributed by atoms with Crippen LogP contribution in [0.4, 0.5) is 0 Å². The van der Waals surface area contributed by atoms with Gasteiger partial charge in [-0.15, -0.1) is 0 Å². The predicted molar refractivity (Wildman–Crippen MR) is 105 cm³/mol. The molecule has 0 saturated carbocycles. The van der Waals surface area contributed by atoms with Gasteiger partial charge in [-0.05, 0) is 55.0 Å². The quantitative estimate of drug-likeness (QED) is 0.459. The first-order valence-electron chi connectivity index (χ1n) is 8.01. The number of benzene rings is 2. The number of nitrogens with zero attached hydrogens (tertiary/aromatic N) is 3. The summed E-state index contributed by atoms with van der Waals surface area (Å²) in [6, 6.07) is 12.3. The third-order valence-electron chi connectivity index (χ3n) is 3.76. The molecular weight excluding hydrogens is 414 g/mol. The summed E-state index contributed by atoms with van der Waals surface area (Å²) in [4.78, 5) is 28.2. The lowest BCUT2D eigenvalue weighted by molar-refractivity contribution is -0.142. The Hall–Kier alpha value is -3.00. The van der Waals surface area contributed by atoms with Gasteiger partial charge in [0.2, 0.25) is 0 Å². The van der Waals surface area contributed by atoms with E-state index in [-0.39, 0.29) is 12.2 Å². The Morgan fingerprint density at radius 3 is 2.70 bits per heavy atom. The second-order valence-corrected chi connectivity index (χ2v) is 6.53. The first kappa shape index (κ1) is 18.8. The van der Waals surface area contributed by atoms with Gasteiger partial charge in [-0.25, -0.2) is 9.78 Å². The highest BCUT2D eigenvalue weighted by atomic mass is 79.9. The summed E-state index contributed by atoms with van der Waals surface area (Å²) >= 11 is 3.36. The number of carbonyl (C=O) groups excluding carboxylic acids is 1. The van der Waals surface area contributed by atoms with Crippen LogP contribution in [-0.2, 0) is 9.53 Å². The number of halogens is 1. The van der Waals surface area contributed by atoms with Crippen molar-refractivity contribution < 1.29 is 14.3 Å². The van der Waals surface area contributed by atoms with Gasteiger partial charge in [-0.2, -0.15) is 9.78 Å². The Labute approximate surface area is 163 Å². The molecule has 0 amide bonds. The van der Waals surface area contributed by atoms with E-state index in [9.17, 15) is 9.59 Å². The van der Waals surface area contributed by atoms with Gasteiger partial charge in [0, 0.05) is 4.47 Å². The molecular formula is C19H16BrN3O4.